The summed E-state index contributed by atoms with van der Waals surface area (Å²) in [5, 5.41) is 13.1. The molecule has 1 aromatic rings. The maximum absolute atomic E-state index is 10.2. The maximum Gasteiger partial charge on any atom is 0.119 e. The molecule has 0 bridgehead atoms. The van der Waals surface area contributed by atoms with E-state index in [2.05, 4.69) is 5.32 Å². The quantitative estimate of drug-likeness (QED) is 0.462. The van der Waals surface area contributed by atoms with Crippen LogP contribution in [0.1, 0.15) is 37.4 Å². The van der Waals surface area contributed by atoms with Crippen molar-refractivity contribution in [3.8, 4) is 0 Å². The number of hydrogen-bond acceptors (Lipinski definition) is 4. The fourth-order valence-electron chi connectivity index (χ4n) is 1.77. The molecule has 1 rings (SSSR count). The molecule has 0 aliphatic carbocycles. The molecule has 18 heavy (non-hydrogen) atoms. The van der Waals surface area contributed by atoms with Crippen molar-refractivity contribution < 1.29 is 9.90 Å². The monoisotopic (exact) mass is 250 g/mol. The van der Waals surface area contributed by atoms with Crippen LogP contribution in [0.15, 0.2) is 24.3 Å². The summed E-state index contributed by atoms with van der Waals surface area (Å²) < 4.78 is 0. The Morgan fingerprint density at radius 2 is 2.22 bits per heavy atom. The Morgan fingerprint density at radius 3 is 2.94 bits per heavy atom. The molecular formula is C14H22N2O2. The molecule has 1 atom stereocenters. The predicted octanol–water partition coefficient (Wildman–Crippen LogP) is 1.85. The average Bonchev–Trinajstić information content (AvgIpc) is 2.39. The van der Waals surface area contributed by atoms with Gasteiger partial charge in [-0.05, 0) is 43.5 Å². The predicted molar refractivity (Wildman–Crippen MR) is 73.5 cm³/mol. The van der Waals surface area contributed by atoms with Gasteiger partial charge < -0.3 is 21.0 Å². The third-order valence-electron chi connectivity index (χ3n) is 2.79. The summed E-state index contributed by atoms with van der Waals surface area (Å²) in [6.07, 6.45) is 3.52. The van der Waals surface area contributed by atoms with Gasteiger partial charge in [0.15, 0.2) is 0 Å². The number of unbranched alkanes of at least 4 members (excludes halogenated alkanes) is 2. The van der Waals surface area contributed by atoms with Crippen LogP contribution < -0.4 is 11.1 Å². The van der Waals surface area contributed by atoms with Crippen molar-refractivity contribution in [1.82, 2.24) is 0 Å². The largest absolute Gasteiger partial charge is 0.388 e. The molecule has 100 valence electrons. The van der Waals surface area contributed by atoms with E-state index in [0.29, 0.717) is 19.4 Å². The minimum Gasteiger partial charge on any atom is -0.388 e. The Morgan fingerprint density at radius 1 is 1.39 bits per heavy atom. The number of hydrogen-bond donors (Lipinski definition) is 3. The van der Waals surface area contributed by atoms with Crippen LogP contribution in [0.2, 0.25) is 0 Å². The molecule has 1 unspecified atom stereocenters. The van der Waals surface area contributed by atoms with E-state index in [9.17, 15) is 9.90 Å². The summed E-state index contributed by atoms with van der Waals surface area (Å²) in [6, 6.07) is 7.74. The summed E-state index contributed by atoms with van der Waals surface area (Å²) >= 11 is 0. The Labute approximate surface area is 108 Å². The van der Waals surface area contributed by atoms with Gasteiger partial charge in [-0.15, -0.1) is 0 Å². The average molecular weight is 250 g/mol. The van der Waals surface area contributed by atoms with Crippen molar-refractivity contribution in [2.45, 2.75) is 31.8 Å². The van der Waals surface area contributed by atoms with Crippen molar-refractivity contribution in [1.29, 1.82) is 0 Å². The number of aldehydes is 1. The molecule has 0 spiro atoms. The van der Waals surface area contributed by atoms with E-state index in [4.69, 9.17) is 5.73 Å². The van der Waals surface area contributed by atoms with Gasteiger partial charge in [0.05, 0.1) is 6.10 Å². The van der Waals surface area contributed by atoms with Gasteiger partial charge in [-0.1, -0.05) is 12.1 Å². The van der Waals surface area contributed by atoms with Crippen molar-refractivity contribution >= 4 is 12.0 Å². The highest BCUT2D eigenvalue weighted by atomic mass is 16.3. The highest BCUT2D eigenvalue weighted by Crippen LogP contribution is 2.19. The first-order valence-electron chi connectivity index (χ1n) is 6.43. The van der Waals surface area contributed by atoms with Crippen molar-refractivity contribution in [3.05, 3.63) is 29.8 Å². The molecule has 0 aliphatic rings. The van der Waals surface area contributed by atoms with E-state index in [1.54, 1.807) is 0 Å². The molecule has 0 aromatic heterocycles. The van der Waals surface area contributed by atoms with Gasteiger partial charge in [0.2, 0.25) is 0 Å². The molecular weight excluding hydrogens is 228 g/mol. The lowest BCUT2D eigenvalue weighted by atomic mass is 10.1. The number of aliphatic hydroxyl groups is 1. The van der Waals surface area contributed by atoms with Gasteiger partial charge >= 0.3 is 0 Å². The van der Waals surface area contributed by atoms with Gasteiger partial charge in [-0.2, -0.15) is 0 Å². The minimum atomic E-state index is -0.494. The minimum absolute atomic E-state index is 0.477. The zero-order valence-electron chi connectivity index (χ0n) is 10.6. The molecule has 0 amide bonds. The molecule has 0 radical (unpaired) electrons. The van der Waals surface area contributed by atoms with Gasteiger partial charge in [-0.25, -0.2) is 0 Å². The van der Waals surface area contributed by atoms with E-state index < -0.39 is 6.10 Å². The first kappa shape index (κ1) is 14.7. The summed E-state index contributed by atoms with van der Waals surface area (Å²) in [5.41, 5.74) is 7.31. The van der Waals surface area contributed by atoms with Crippen molar-refractivity contribution in [2.24, 2.45) is 5.73 Å². The third kappa shape index (κ3) is 5.29. The van der Waals surface area contributed by atoms with Crippen molar-refractivity contribution in [2.75, 3.05) is 18.4 Å². The summed E-state index contributed by atoms with van der Waals surface area (Å²) in [4.78, 5) is 10.2. The molecule has 4 N–H and O–H groups in total. The van der Waals surface area contributed by atoms with Crippen LogP contribution in [0, 0.1) is 0 Å². The number of carbonyl (C=O) groups is 1. The first-order chi connectivity index (χ1) is 8.77. The van der Waals surface area contributed by atoms with E-state index in [1.165, 1.54) is 0 Å². The smallest absolute Gasteiger partial charge is 0.119 e. The molecule has 0 aliphatic heterocycles. The zero-order valence-corrected chi connectivity index (χ0v) is 10.6. The number of anilines is 1. The fourth-order valence-corrected chi connectivity index (χ4v) is 1.77. The van der Waals surface area contributed by atoms with E-state index >= 15 is 0 Å². The normalized spacial score (nSPS) is 12.1. The van der Waals surface area contributed by atoms with Crippen LogP contribution >= 0.6 is 0 Å². The second kappa shape index (κ2) is 8.66. The third-order valence-corrected chi connectivity index (χ3v) is 2.79. The van der Waals surface area contributed by atoms with E-state index in [1.807, 2.05) is 24.3 Å². The maximum atomic E-state index is 10.2. The standard InChI is InChI=1S/C14H22N2O2/c15-8-7-14(18)12-5-4-6-13(11-12)16-9-2-1-3-10-17/h4-6,10-11,14,16,18H,1-3,7-9,15H2. The zero-order chi connectivity index (χ0) is 13.2. The molecule has 0 saturated heterocycles. The van der Waals surface area contributed by atoms with Gasteiger partial charge in [0.1, 0.15) is 6.29 Å². The van der Waals surface area contributed by atoms with Gasteiger partial charge in [-0.3, -0.25) is 0 Å². The molecule has 0 fully saturated rings. The summed E-state index contributed by atoms with van der Waals surface area (Å²) in [5.74, 6) is 0. The Hall–Kier alpha value is -1.39. The number of nitrogens with one attached hydrogen (secondary N) is 1. The Bertz CT molecular complexity index is 355. The first-order valence-corrected chi connectivity index (χ1v) is 6.43. The van der Waals surface area contributed by atoms with Crippen LogP contribution in [0.5, 0.6) is 0 Å². The van der Waals surface area contributed by atoms with Gasteiger partial charge in [0.25, 0.3) is 0 Å². The van der Waals surface area contributed by atoms with E-state index in [0.717, 1.165) is 36.9 Å². The summed E-state index contributed by atoms with van der Waals surface area (Å²) in [6.45, 7) is 1.31. The number of rotatable bonds is 9. The van der Waals surface area contributed by atoms with Crippen LogP contribution in [-0.2, 0) is 4.79 Å². The highest BCUT2D eigenvalue weighted by molar-refractivity contribution is 5.49. The number of benzene rings is 1. The van der Waals surface area contributed by atoms with Crippen LogP contribution in [-0.4, -0.2) is 24.5 Å². The number of carbonyl (C=O) groups excluding carboxylic acids is 1. The Kier molecular flexibility index (Phi) is 7.06. The number of aliphatic hydroxyl groups excluding tert-OH is 1. The molecule has 0 saturated carbocycles. The second-order valence-electron chi connectivity index (χ2n) is 4.31. The van der Waals surface area contributed by atoms with Crippen LogP contribution in [0.4, 0.5) is 5.69 Å². The van der Waals surface area contributed by atoms with Crippen LogP contribution in [0.3, 0.4) is 0 Å². The summed E-state index contributed by atoms with van der Waals surface area (Å²) in [7, 11) is 0. The van der Waals surface area contributed by atoms with Gasteiger partial charge in [0, 0.05) is 18.7 Å². The van der Waals surface area contributed by atoms with E-state index in [-0.39, 0.29) is 0 Å². The second-order valence-corrected chi connectivity index (χ2v) is 4.31. The molecule has 4 nitrogen and oxygen atoms in total. The lowest BCUT2D eigenvalue weighted by Gasteiger charge is -2.12. The number of nitrogens with two attached hydrogens (primary N) is 1. The fraction of sp³-hybridized carbons (Fsp3) is 0.500. The lowest BCUT2D eigenvalue weighted by Crippen LogP contribution is -2.07. The van der Waals surface area contributed by atoms with Crippen molar-refractivity contribution in [3.63, 3.8) is 0 Å². The Balaban J connectivity index is 2.41. The molecule has 4 heteroatoms. The van der Waals surface area contributed by atoms with Crippen LogP contribution in [0.25, 0.3) is 0 Å². The lowest BCUT2D eigenvalue weighted by molar-refractivity contribution is -0.107. The SMILES string of the molecule is NCCC(O)c1cccc(NCCCCC=O)c1. The molecule has 1 aromatic carbocycles. The molecule has 0 heterocycles. The highest BCUT2D eigenvalue weighted by Gasteiger charge is 2.06. The topological polar surface area (TPSA) is 75.3 Å².